The summed E-state index contributed by atoms with van der Waals surface area (Å²) in [6.45, 7) is 0.198. The largest absolute Gasteiger partial charge is 0.326 e. The molecule has 2 heterocycles. The molecule has 0 spiro atoms. The third-order valence-electron chi connectivity index (χ3n) is 1.76. The third-order valence-corrected chi connectivity index (χ3v) is 4.99. The van der Waals surface area contributed by atoms with Gasteiger partial charge in [0.1, 0.15) is 10.4 Å². The van der Waals surface area contributed by atoms with Crippen LogP contribution in [0.25, 0.3) is 0 Å². The van der Waals surface area contributed by atoms with Crippen LogP contribution in [0.1, 0.15) is 4.88 Å². The first kappa shape index (κ1) is 11.5. The molecule has 0 amide bonds. The number of thiophene rings is 1. The lowest BCUT2D eigenvalue weighted by atomic mass is 10.5. The summed E-state index contributed by atoms with van der Waals surface area (Å²) < 4.78 is 26.2. The number of nitrogens with two attached hydrogens (primary N) is 1. The van der Waals surface area contributed by atoms with Crippen molar-refractivity contribution in [3.8, 4) is 0 Å². The van der Waals surface area contributed by atoms with E-state index < -0.39 is 10.0 Å². The van der Waals surface area contributed by atoms with Crippen LogP contribution in [0.3, 0.4) is 0 Å². The Labute approximate surface area is 100 Å². The van der Waals surface area contributed by atoms with Crippen molar-refractivity contribution in [2.24, 2.45) is 5.73 Å². The average molecular weight is 276 g/mol. The van der Waals surface area contributed by atoms with Crippen LogP contribution in [-0.4, -0.2) is 18.6 Å². The number of nitrogens with one attached hydrogen (secondary N) is 1. The van der Waals surface area contributed by atoms with E-state index >= 15 is 0 Å². The summed E-state index contributed by atoms with van der Waals surface area (Å²) in [4.78, 5) is 0.826. The van der Waals surface area contributed by atoms with Crippen LogP contribution in [0, 0.1) is 0 Å². The number of rotatable bonds is 4. The number of hydrogen-bond acceptors (Lipinski definition) is 7. The number of hydrogen-bond donors (Lipinski definition) is 2. The monoisotopic (exact) mass is 276 g/mol. The SMILES string of the molecule is NCc1sccc1S(=O)(=O)Nc1nncs1. The molecule has 0 aliphatic rings. The molecule has 0 atom stereocenters. The van der Waals surface area contributed by atoms with Crippen molar-refractivity contribution in [2.45, 2.75) is 11.4 Å². The van der Waals surface area contributed by atoms with Gasteiger partial charge < -0.3 is 5.73 Å². The van der Waals surface area contributed by atoms with Gasteiger partial charge in [-0.3, -0.25) is 4.72 Å². The lowest BCUT2D eigenvalue weighted by Crippen LogP contribution is -2.14. The zero-order valence-corrected chi connectivity index (χ0v) is 10.4. The fraction of sp³-hybridized carbons (Fsp3) is 0.143. The van der Waals surface area contributed by atoms with Gasteiger partial charge in [0, 0.05) is 11.4 Å². The lowest BCUT2D eigenvalue weighted by Gasteiger charge is -2.04. The lowest BCUT2D eigenvalue weighted by molar-refractivity contribution is 0.600. The fourth-order valence-corrected chi connectivity index (χ4v) is 4.13. The van der Waals surface area contributed by atoms with E-state index in [1.54, 1.807) is 5.38 Å². The van der Waals surface area contributed by atoms with E-state index in [1.165, 1.54) is 22.9 Å². The highest BCUT2D eigenvalue weighted by Crippen LogP contribution is 2.24. The standard InChI is InChI=1S/C7H8N4O2S3/c8-3-5-6(1-2-14-5)16(12,13)11-7-10-9-4-15-7/h1-2,4H,3,8H2,(H,10,11). The second kappa shape index (κ2) is 4.45. The van der Waals surface area contributed by atoms with Crippen molar-refractivity contribution >= 4 is 37.8 Å². The van der Waals surface area contributed by atoms with Gasteiger partial charge in [-0.2, -0.15) is 0 Å². The zero-order chi connectivity index (χ0) is 11.6. The fourth-order valence-electron chi connectivity index (χ4n) is 1.10. The highest BCUT2D eigenvalue weighted by Gasteiger charge is 2.20. The Morgan fingerprint density at radius 3 is 2.88 bits per heavy atom. The van der Waals surface area contributed by atoms with Crippen molar-refractivity contribution in [1.29, 1.82) is 0 Å². The average Bonchev–Trinajstić information content (AvgIpc) is 2.85. The van der Waals surface area contributed by atoms with Gasteiger partial charge in [-0.25, -0.2) is 8.42 Å². The number of aromatic nitrogens is 2. The second-order valence-corrected chi connectivity index (χ2v) is 6.25. The highest BCUT2D eigenvalue weighted by molar-refractivity contribution is 7.93. The predicted octanol–water partition coefficient (Wildman–Crippen LogP) is 0.859. The molecule has 2 aromatic heterocycles. The van der Waals surface area contributed by atoms with Gasteiger partial charge >= 0.3 is 0 Å². The Morgan fingerprint density at radius 1 is 1.44 bits per heavy atom. The molecule has 0 radical (unpaired) electrons. The van der Waals surface area contributed by atoms with E-state index in [0.717, 1.165) is 11.3 Å². The molecule has 86 valence electrons. The molecular weight excluding hydrogens is 268 g/mol. The van der Waals surface area contributed by atoms with Gasteiger partial charge in [0.2, 0.25) is 5.13 Å². The van der Waals surface area contributed by atoms with Gasteiger partial charge in [-0.1, -0.05) is 11.3 Å². The molecule has 0 saturated carbocycles. The van der Waals surface area contributed by atoms with Crippen molar-refractivity contribution in [1.82, 2.24) is 10.2 Å². The van der Waals surface area contributed by atoms with Gasteiger partial charge in [0.15, 0.2) is 0 Å². The van der Waals surface area contributed by atoms with E-state index in [4.69, 9.17) is 5.73 Å². The van der Waals surface area contributed by atoms with E-state index in [9.17, 15) is 8.42 Å². The van der Waals surface area contributed by atoms with Crippen LogP contribution < -0.4 is 10.5 Å². The Bertz CT molecular complexity index is 560. The molecule has 0 unspecified atom stereocenters. The molecule has 3 N–H and O–H groups in total. The minimum Gasteiger partial charge on any atom is -0.326 e. The molecule has 0 bridgehead atoms. The Balaban J connectivity index is 2.33. The minimum absolute atomic E-state index is 0.198. The van der Waals surface area contributed by atoms with Crippen LogP contribution in [0.4, 0.5) is 5.13 Å². The second-order valence-electron chi connectivity index (χ2n) is 2.76. The number of sulfonamides is 1. The van der Waals surface area contributed by atoms with Gasteiger partial charge in [-0.15, -0.1) is 21.5 Å². The van der Waals surface area contributed by atoms with Crippen LogP contribution in [0.5, 0.6) is 0 Å². The van der Waals surface area contributed by atoms with E-state index in [0.29, 0.717) is 4.88 Å². The summed E-state index contributed by atoms with van der Waals surface area (Å²) in [5.41, 5.74) is 6.91. The Morgan fingerprint density at radius 2 is 2.25 bits per heavy atom. The summed E-state index contributed by atoms with van der Waals surface area (Å²) in [6, 6.07) is 1.52. The topological polar surface area (TPSA) is 98.0 Å². The van der Waals surface area contributed by atoms with Gasteiger partial charge in [0.25, 0.3) is 10.0 Å². The molecule has 2 aromatic rings. The van der Waals surface area contributed by atoms with E-state index in [1.807, 2.05) is 0 Å². The van der Waals surface area contributed by atoms with Crippen LogP contribution in [0.15, 0.2) is 21.9 Å². The van der Waals surface area contributed by atoms with Crippen molar-refractivity contribution in [2.75, 3.05) is 4.72 Å². The van der Waals surface area contributed by atoms with Gasteiger partial charge in [-0.05, 0) is 11.4 Å². The number of anilines is 1. The first-order chi connectivity index (χ1) is 7.63. The summed E-state index contributed by atoms with van der Waals surface area (Å²) in [6.07, 6.45) is 0. The van der Waals surface area contributed by atoms with Crippen LogP contribution in [-0.2, 0) is 16.6 Å². The van der Waals surface area contributed by atoms with Crippen molar-refractivity contribution < 1.29 is 8.42 Å². The molecule has 6 nitrogen and oxygen atoms in total. The molecule has 9 heteroatoms. The molecule has 0 aliphatic heterocycles. The van der Waals surface area contributed by atoms with Crippen molar-refractivity contribution in [3.05, 3.63) is 21.8 Å². The molecule has 0 fully saturated rings. The smallest absolute Gasteiger partial charge is 0.264 e. The quantitative estimate of drug-likeness (QED) is 0.863. The third kappa shape index (κ3) is 2.21. The van der Waals surface area contributed by atoms with Crippen LogP contribution in [0.2, 0.25) is 0 Å². The van der Waals surface area contributed by atoms with E-state index in [2.05, 4.69) is 14.9 Å². The first-order valence-corrected chi connectivity index (χ1v) is 7.43. The maximum absolute atomic E-state index is 11.9. The predicted molar refractivity (Wildman–Crippen MR) is 62.9 cm³/mol. The first-order valence-electron chi connectivity index (χ1n) is 4.19. The molecular formula is C7H8N4O2S3. The molecule has 2 rings (SSSR count). The summed E-state index contributed by atoms with van der Waals surface area (Å²) in [7, 11) is -3.59. The maximum Gasteiger partial charge on any atom is 0.264 e. The summed E-state index contributed by atoms with van der Waals surface area (Å²) in [5.74, 6) is 0. The number of nitrogens with zero attached hydrogens (tertiary/aromatic N) is 2. The molecule has 0 aliphatic carbocycles. The zero-order valence-electron chi connectivity index (χ0n) is 7.95. The summed E-state index contributed by atoms with van der Waals surface area (Å²) >= 11 is 2.43. The molecule has 16 heavy (non-hydrogen) atoms. The van der Waals surface area contributed by atoms with Crippen molar-refractivity contribution in [3.63, 3.8) is 0 Å². The normalized spacial score (nSPS) is 11.6. The highest BCUT2D eigenvalue weighted by atomic mass is 32.2. The van der Waals surface area contributed by atoms with Gasteiger partial charge in [0.05, 0.1) is 0 Å². The summed E-state index contributed by atoms with van der Waals surface area (Å²) in [5, 5.41) is 9.10. The minimum atomic E-state index is -3.59. The molecule has 0 saturated heterocycles. The maximum atomic E-state index is 11.9. The Hall–Kier alpha value is -1.03. The Kier molecular flexibility index (Phi) is 3.19. The molecule has 0 aromatic carbocycles. The van der Waals surface area contributed by atoms with Crippen LogP contribution >= 0.6 is 22.7 Å². The van der Waals surface area contributed by atoms with E-state index in [-0.39, 0.29) is 16.6 Å².